The summed E-state index contributed by atoms with van der Waals surface area (Å²) in [5, 5.41) is 12.6. The van der Waals surface area contributed by atoms with Crippen molar-refractivity contribution >= 4 is 21.8 Å². The van der Waals surface area contributed by atoms with Crippen LogP contribution in [0.4, 0.5) is 0 Å². The lowest BCUT2D eigenvalue weighted by atomic mass is 9.71. The van der Waals surface area contributed by atoms with Crippen molar-refractivity contribution in [1.29, 1.82) is 0 Å². The first kappa shape index (κ1) is 20.3. The van der Waals surface area contributed by atoms with Gasteiger partial charge in [-0.15, -0.1) is 0 Å². The molecule has 0 amide bonds. The third kappa shape index (κ3) is 3.11. The summed E-state index contributed by atoms with van der Waals surface area (Å²) in [6.07, 6.45) is 0. The fourth-order valence-corrected chi connectivity index (χ4v) is 5.24. The Morgan fingerprint density at radius 1 is 0.529 bits per heavy atom. The van der Waals surface area contributed by atoms with Gasteiger partial charge in [0.1, 0.15) is 5.75 Å². The Kier molecular flexibility index (Phi) is 4.74. The van der Waals surface area contributed by atoms with Gasteiger partial charge in [0, 0.05) is 27.9 Å². The van der Waals surface area contributed by atoms with Gasteiger partial charge in [0.25, 0.3) is 0 Å². The van der Waals surface area contributed by atoms with E-state index in [0.29, 0.717) is 0 Å². The lowest BCUT2D eigenvalue weighted by Crippen LogP contribution is -2.25. The molecule has 2 nitrogen and oxygen atoms in total. The average Bonchev–Trinajstić information content (AvgIpc) is 3.22. The van der Waals surface area contributed by atoms with Gasteiger partial charge >= 0.3 is 0 Å². The summed E-state index contributed by atoms with van der Waals surface area (Å²) < 4.78 is 2.25. The first-order chi connectivity index (χ1) is 16.7. The smallest absolute Gasteiger partial charge is 0.117 e. The minimum absolute atomic E-state index is 0.270. The molecule has 0 radical (unpaired) electrons. The van der Waals surface area contributed by atoms with E-state index in [0.717, 1.165) is 22.1 Å². The maximum atomic E-state index is 10.3. The van der Waals surface area contributed by atoms with Crippen molar-refractivity contribution in [2.45, 2.75) is 12.3 Å². The summed E-state index contributed by atoms with van der Waals surface area (Å²) >= 11 is 0. The molecule has 0 bridgehead atoms. The summed E-state index contributed by atoms with van der Waals surface area (Å²) in [5.41, 5.74) is 6.59. The first-order valence-corrected chi connectivity index (χ1v) is 11.6. The molecule has 1 heterocycles. The second-order valence-electron chi connectivity index (χ2n) is 8.96. The number of hydrogen-bond acceptors (Lipinski definition) is 1. The summed E-state index contributed by atoms with van der Waals surface area (Å²) in [4.78, 5) is 0. The van der Waals surface area contributed by atoms with Crippen molar-refractivity contribution < 1.29 is 5.11 Å². The molecule has 0 aliphatic heterocycles. The highest BCUT2D eigenvalue weighted by Crippen LogP contribution is 2.40. The highest BCUT2D eigenvalue weighted by atomic mass is 16.3. The molecule has 34 heavy (non-hydrogen) atoms. The second-order valence-corrected chi connectivity index (χ2v) is 8.96. The van der Waals surface area contributed by atoms with Gasteiger partial charge in [0.2, 0.25) is 0 Å². The van der Waals surface area contributed by atoms with E-state index < -0.39 is 0 Å². The molecule has 0 aliphatic rings. The van der Waals surface area contributed by atoms with E-state index in [1.54, 1.807) is 6.07 Å². The largest absolute Gasteiger partial charge is 0.508 e. The molecule has 164 valence electrons. The fraction of sp³-hybridized carbons (Fsp3) is 0.0625. The lowest BCUT2D eigenvalue weighted by molar-refractivity contribution is 0.476. The van der Waals surface area contributed by atoms with Crippen LogP contribution in [0.5, 0.6) is 5.75 Å². The number of phenolic OH excluding ortho intramolecular Hbond substituents is 1. The van der Waals surface area contributed by atoms with Crippen molar-refractivity contribution in [2.75, 3.05) is 0 Å². The normalized spacial score (nSPS) is 11.8. The quantitative estimate of drug-likeness (QED) is 0.278. The Hall–Kier alpha value is -4.30. The van der Waals surface area contributed by atoms with Crippen LogP contribution in [0.3, 0.4) is 0 Å². The molecular weight excluding hydrogens is 414 g/mol. The number of nitrogens with zero attached hydrogens (tertiary/aromatic N) is 1. The van der Waals surface area contributed by atoms with Crippen LogP contribution in [0.1, 0.15) is 23.6 Å². The van der Waals surface area contributed by atoms with E-state index in [1.165, 1.54) is 22.1 Å². The summed E-state index contributed by atoms with van der Waals surface area (Å²) in [6.45, 7) is 2.30. The number of para-hydroxylation sites is 1. The molecule has 1 N–H and O–H groups in total. The number of benzene rings is 5. The lowest BCUT2D eigenvalue weighted by Gasteiger charge is -2.32. The van der Waals surface area contributed by atoms with Crippen molar-refractivity contribution in [2.24, 2.45) is 0 Å². The minimum Gasteiger partial charge on any atom is -0.508 e. The number of rotatable bonds is 4. The van der Waals surface area contributed by atoms with Crippen LogP contribution in [0.25, 0.3) is 27.5 Å². The summed E-state index contributed by atoms with van der Waals surface area (Å²) in [6, 6.07) is 44.2. The monoisotopic (exact) mass is 439 g/mol. The Labute approximate surface area is 199 Å². The van der Waals surface area contributed by atoms with Gasteiger partial charge in [-0.05, 0) is 53.9 Å². The van der Waals surface area contributed by atoms with E-state index in [1.807, 2.05) is 12.1 Å². The van der Waals surface area contributed by atoms with E-state index in [4.69, 9.17) is 0 Å². The van der Waals surface area contributed by atoms with E-state index in [2.05, 4.69) is 121 Å². The van der Waals surface area contributed by atoms with Gasteiger partial charge in [-0.25, -0.2) is 0 Å². The highest BCUT2D eigenvalue weighted by molar-refractivity contribution is 6.09. The molecule has 0 unspecified atom stereocenters. The Morgan fingerprint density at radius 3 is 1.82 bits per heavy atom. The molecule has 0 spiro atoms. The van der Waals surface area contributed by atoms with Crippen molar-refractivity contribution in [1.82, 2.24) is 4.57 Å². The predicted octanol–water partition coefficient (Wildman–Crippen LogP) is 7.84. The van der Waals surface area contributed by atoms with Crippen LogP contribution >= 0.6 is 0 Å². The predicted molar refractivity (Wildman–Crippen MR) is 141 cm³/mol. The van der Waals surface area contributed by atoms with Crippen molar-refractivity contribution in [3.63, 3.8) is 0 Å². The van der Waals surface area contributed by atoms with Crippen LogP contribution in [-0.2, 0) is 5.41 Å². The summed E-state index contributed by atoms with van der Waals surface area (Å²) in [5.74, 6) is 0.270. The van der Waals surface area contributed by atoms with Crippen LogP contribution in [-0.4, -0.2) is 9.67 Å². The second kappa shape index (κ2) is 7.93. The molecular formula is C32H25NO. The molecule has 2 heteroatoms. The number of aromatic nitrogens is 1. The van der Waals surface area contributed by atoms with Crippen LogP contribution < -0.4 is 0 Å². The minimum atomic E-state index is -0.320. The van der Waals surface area contributed by atoms with Gasteiger partial charge in [0.05, 0.1) is 11.0 Å². The number of aromatic hydroxyl groups is 1. The number of hydrogen-bond donors (Lipinski definition) is 1. The van der Waals surface area contributed by atoms with Gasteiger partial charge < -0.3 is 9.67 Å². The highest BCUT2D eigenvalue weighted by Gasteiger charge is 2.31. The molecule has 1 aromatic heterocycles. The zero-order valence-corrected chi connectivity index (χ0v) is 19.0. The standard InChI is InChI=1S/C32H25NO/c1-32(23-11-4-2-5-12-23,24-13-6-3-7-14-24)25-15-10-16-26(21-25)33-30-18-9-8-17-28(30)29-20-19-27(34)22-31(29)33/h2-22,34H,1H3. The van der Waals surface area contributed by atoms with E-state index >= 15 is 0 Å². The van der Waals surface area contributed by atoms with Crippen molar-refractivity contribution in [3.8, 4) is 11.4 Å². The van der Waals surface area contributed by atoms with Crippen LogP contribution in [0.2, 0.25) is 0 Å². The molecule has 6 aromatic rings. The average molecular weight is 440 g/mol. The van der Waals surface area contributed by atoms with Crippen LogP contribution in [0.15, 0.2) is 127 Å². The van der Waals surface area contributed by atoms with Crippen molar-refractivity contribution in [3.05, 3.63) is 144 Å². The number of phenols is 1. The molecule has 0 atom stereocenters. The third-order valence-corrected chi connectivity index (χ3v) is 7.04. The fourth-order valence-electron chi connectivity index (χ4n) is 5.24. The van der Waals surface area contributed by atoms with Gasteiger partial charge in [-0.1, -0.05) is 91.0 Å². The number of fused-ring (bicyclic) bond motifs is 3. The molecule has 5 aromatic carbocycles. The first-order valence-electron chi connectivity index (χ1n) is 11.6. The molecule has 0 fully saturated rings. The molecule has 6 rings (SSSR count). The Morgan fingerprint density at radius 2 is 1.12 bits per heavy atom. The SMILES string of the molecule is CC(c1ccccc1)(c1ccccc1)c1cccc(-n2c3ccccc3c3ccc(O)cc32)c1. The van der Waals surface area contributed by atoms with Gasteiger partial charge in [-0.3, -0.25) is 0 Å². The summed E-state index contributed by atoms with van der Waals surface area (Å²) in [7, 11) is 0. The zero-order valence-electron chi connectivity index (χ0n) is 19.0. The Balaban J connectivity index is 1.63. The topological polar surface area (TPSA) is 25.2 Å². The Bertz CT molecular complexity index is 1570. The van der Waals surface area contributed by atoms with Gasteiger partial charge in [-0.2, -0.15) is 0 Å². The molecule has 0 aliphatic carbocycles. The van der Waals surface area contributed by atoms with Gasteiger partial charge in [0.15, 0.2) is 0 Å². The zero-order chi connectivity index (χ0) is 23.1. The third-order valence-electron chi connectivity index (χ3n) is 7.04. The van der Waals surface area contributed by atoms with E-state index in [-0.39, 0.29) is 11.2 Å². The maximum Gasteiger partial charge on any atom is 0.117 e. The van der Waals surface area contributed by atoms with Crippen LogP contribution in [0, 0.1) is 0 Å². The molecule has 0 saturated carbocycles. The molecule has 0 saturated heterocycles. The maximum absolute atomic E-state index is 10.3. The van der Waals surface area contributed by atoms with E-state index in [9.17, 15) is 5.11 Å².